The normalized spacial score (nSPS) is 16.7. The summed E-state index contributed by atoms with van der Waals surface area (Å²) in [6.45, 7) is 2.67. The molecule has 0 aromatic carbocycles. The Morgan fingerprint density at radius 3 is 2.67 bits per heavy atom. The number of carbonyl (C=O) groups is 1. The lowest BCUT2D eigenvalue weighted by atomic mass is 9.97. The summed E-state index contributed by atoms with van der Waals surface area (Å²) in [4.78, 5) is 13.5. The number of carbonyl (C=O) groups excluding carboxylic acids is 1. The van der Waals surface area contributed by atoms with Crippen LogP contribution < -0.4 is 16.0 Å². The van der Waals surface area contributed by atoms with Gasteiger partial charge in [0.05, 0.1) is 0 Å². The number of amides is 1. The van der Waals surface area contributed by atoms with Gasteiger partial charge < -0.3 is 16.0 Å². The van der Waals surface area contributed by atoms with E-state index in [2.05, 4.69) is 20.4 Å². The largest absolute Gasteiger partial charge is 0.355 e. The van der Waals surface area contributed by atoms with Gasteiger partial charge in [0.25, 0.3) is 5.91 Å². The lowest BCUT2D eigenvalue weighted by Gasteiger charge is -2.31. The summed E-state index contributed by atoms with van der Waals surface area (Å²) in [6.07, 6.45) is 2.19. The third-order valence-corrected chi connectivity index (χ3v) is 3.38. The Kier molecular flexibility index (Phi) is 4.09. The molecule has 2 heterocycles. The smallest absolute Gasteiger partial charge is 0.271 e. The average Bonchev–Trinajstić information content (AvgIpc) is 2.47. The van der Waals surface area contributed by atoms with E-state index in [1.54, 1.807) is 13.1 Å². The fourth-order valence-electron chi connectivity index (χ4n) is 2.14. The molecule has 1 aliphatic rings. The van der Waals surface area contributed by atoms with Crippen molar-refractivity contribution < 1.29 is 4.79 Å². The molecule has 0 unspecified atom stereocenters. The van der Waals surface area contributed by atoms with E-state index in [-0.39, 0.29) is 5.91 Å². The SMILES string of the molecule is CNC(=O)c1ccc(N2CCC(CN)CC2)nn1. The van der Waals surface area contributed by atoms with E-state index < -0.39 is 0 Å². The first kappa shape index (κ1) is 12.8. The first-order chi connectivity index (χ1) is 8.74. The number of hydrogen-bond donors (Lipinski definition) is 2. The van der Waals surface area contributed by atoms with Crippen molar-refractivity contribution in [1.29, 1.82) is 0 Å². The van der Waals surface area contributed by atoms with Crippen molar-refractivity contribution in [2.24, 2.45) is 11.7 Å². The average molecular weight is 249 g/mol. The minimum Gasteiger partial charge on any atom is -0.355 e. The summed E-state index contributed by atoms with van der Waals surface area (Å²) in [6, 6.07) is 3.55. The van der Waals surface area contributed by atoms with Crippen molar-refractivity contribution in [3.63, 3.8) is 0 Å². The van der Waals surface area contributed by atoms with E-state index in [1.807, 2.05) is 6.07 Å². The third-order valence-electron chi connectivity index (χ3n) is 3.38. The van der Waals surface area contributed by atoms with Crippen LogP contribution in [0, 0.1) is 5.92 Å². The second-order valence-electron chi connectivity index (χ2n) is 4.52. The molecule has 1 aliphatic heterocycles. The number of anilines is 1. The van der Waals surface area contributed by atoms with Crippen LogP contribution in [0.3, 0.4) is 0 Å². The molecule has 0 aliphatic carbocycles. The van der Waals surface area contributed by atoms with Crippen LogP contribution in [0.1, 0.15) is 23.3 Å². The maximum absolute atomic E-state index is 11.3. The molecular formula is C12H19N5O. The second-order valence-corrected chi connectivity index (χ2v) is 4.52. The van der Waals surface area contributed by atoms with Gasteiger partial charge in [-0.1, -0.05) is 0 Å². The van der Waals surface area contributed by atoms with E-state index in [9.17, 15) is 4.79 Å². The summed E-state index contributed by atoms with van der Waals surface area (Å²) >= 11 is 0. The zero-order valence-corrected chi connectivity index (χ0v) is 10.6. The molecule has 18 heavy (non-hydrogen) atoms. The predicted molar refractivity (Wildman–Crippen MR) is 69.4 cm³/mol. The van der Waals surface area contributed by atoms with E-state index in [0.29, 0.717) is 11.6 Å². The quantitative estimate of drug-likeness (QED) is 0.788. The minimum absolute atomic E-state index is 0.212. The maximum atomic E-state index is 11.3. The Labute approximate surface area is 107 Å². The Morgan fingerprint density at radius 1 is 1.44 bits per heavy atom. The summed E-state index contributed by atoms with van der Waals surface area (Å²) in [5.74, 6) is 1.24. The van der Waals surface area contributed by atoms with Crippen molar-refractivity contribution in [1.82, 2.24) is 15.5 Å². The number of piperidine rings is 1. The number of rotatable bonds is 3. The molecule has 3 N–H and O–H groups in total. The minimum atomic E-state index is -0.212. The molecule has 2 rings (SSSR count). The molecule has 1 saturated heterocycles. The Bertz CT molecular complexity index is 397. The molecule has 0 atom stereocenters. The highest BCUT2D eigenvalue weighted by atomic mass is 16.1. The van der Waals surface area contributed by atoms with Gasteiger partial charge in [-0.2, -0.15) is 0 Å². The first-order valence-electron chi connectivity index (χ1n) is 6.25. The molecule has 0 radical (unpaired) electrons. The molecule has 0 spiro atoms. The van der Waals surface area contributed by atoms with E-state index in [0.717, 1.165) is 38.3 Å². The zero-order valence-electron chi connectivity index (χ0n) is 10.6. The number of aromatic nitrogens is 2. The van der Waals surface area contributed by atoms with Gasteiger partial charge in [-0.05, 0) is 37.4 Å². The molecule has 1 amide bonds. The molecule has 0 saturated carbocycles. The number of hydrogen-bond acceptors (Lipinski definition) is 5. The zero-order chi connectivity index (χ0) is 13.0. The lowest BCUT2D eigenvalue weighted by Crippen LogP contribution is -2.36. The van der Waals surface area contributed by atoms with Gasteiger partial charge in [-0.3, -0.25) is 4.79 Å². The van der Waals surface area contributed by atoms with Crippen LogP contribution in [0.15, 0.2) is 12.1 Å². The van der Waals surface area contributed by atoms with E-state index in [1.165, 1.54) is 0 Å². The molecule has 98 valence electrons. The monoisotopic (exact) mass is 249 g/mol. The fraction of sp³-hybridized carbons (Fsp3) is 0.583. The van der Waals surface area contributed by atoms with E-state index in [4.69, 9.17) is 5.73 Å². The van der Waals surface area contributed by atoms with Crippen LogP contribution in [0.5, 0.6) is 0 Å². The summed E-state index contributed by atoms with van der Waals surface area (Å²) in [5, 5.41) is 10.6. The van der Waals surface area contributed by atoms with Crippen molar-refractivity contribution >= 4 is 11.7 Å². The highest BCUT2D eigenvalue weighted by molar-refractivity contribution is 5.91. The van der Waals surface area contributed by atoms with Crippen molar-refractivity contribution in [3.8, 4) is 0 Å². The second kappa shape index (κ2) is 5.77. The summed E-state index contributed by atoms with van der Waals surface area (Å²) in [7, 11) is 1.58. The first-order valence-corrected chi connectivity index (χ1v) is 6.25. The van der Waals surface area contributed by atoms with Crippen LogP contribution >= 0.6 is 0 Å². The molecule has 1 fully saturated rings. The van der Waals surface area contributed by atoms with Crippen molar-refractivity contribution in [3.05, 3.63) is 17.8 Å². The lowest BCUT2D eigenvalue weighted by molar-refractivity contribution is 0.0957. The Hall–Kier alpha value is -1.69. The third kappa shape index (κ3) is 2.76. The Balaban J connectivity index is 2.00. The molecule has 0 bridgehead atoms. The van der Waals surface area contributed by atoms with Gasteiger partial charge in [0.15, 0.2) is 11.5 Å². The van der Waals surface area contributed by atoms with Gasteiger partial charge in [-0.15, -0.1) is 10.2 Å². The molecule has 6 heteroatoms. The van der Waals surface area contributed by atoms with Crippen LogP contribution in [0.2, 0.25) is 0 Å². The van der Waals surface area contributed by atoms with Gasteiger partial charge in [0.1, 0.15) is 0 Å². The van der Waals surface area contributed by atoms with Crippen LogP contribution in [0.25, 0.3) is 0 Å². The topological polar surface area (TPSA) is 84.1 Å². The molecule has 1 aromatic heterocycles. The van der Waals surface area contributed by atoms with Gasteiger partial charge in [-0.25, -0.2) is 0 Å². The Morgan fingerprint density at radius 2 is 2.17 bits per heavy atom. The maximum Gasteiger partial charge on any atom is 0.271 e. The molecule has 6 nitrogen and oxygen atoms in total. The van der Waals surface area contributed by atoms with Crippen molar-refractivity contribution in [2.75, 3.05) is 31.6 Å². The number of nitrogens with one attached hydrogen (secondary N) is 1. The van der Waals surface area contributed by atoms with Crippen molar-refractivity contribution in [2.45, 2.75) is 12.8 Å². The van der Waals surface area contributed by atoms with Crippen LogP contribution in [-0.2, 0) is 0 Å². The fourth-order valence-corrected chi connectivity index (χ4v) is 2.14. The highest BCUT2D eigenvalue weighted by Gasteiger charge is 2.19. The standard InChI is InChI=1S/C12H19N5O/c1-14-12(18)10-2-3-11(16-15-10)17-6-4-9(8-13)5-7-17/h2-3,9H,4-8,13H2,1H3,(H,14,18). The summed E-state index contributed by atoms with van der Waals surface area (Å²) in [5.41, 5.74) is 6.01. The van der Waals surface area contributed by atoms with Gasteiger partial charge in [0, 0.05) is 20.1 Å². The number of nitrogens with zero attached hydrogens (tertiary/aromatic N) is 3. The highest BCUT2D eigenvalue weighted by Crippen LogP contribution is 2.20. The summed E-state index contributed by atoms with van der Waals surface area (Å²) < 4.78 is 0. The van der Waals surface area contributed by atoms with Gasteiger partial charge in [0.2, 0.25) is 0 Å². The molecule has 1 aromatic rings. The predicted octanol–water partition coefficient (Wildman–Crippen LogP) is 0.0113. The number of nitrogens with two attached hydrogens (primary N) is 1. The van der Waals surface area contributed by atoms with Crippen LogP contribution in [-0.4, -0.2) is 42.8 Å². The molecular weight excluding hydrogens is 230 g/mol. The van der Waals surface area contributed by atoms with E-state index >= 15 is 0 Å². The van der Waals surface area contributed by atoms with Crippen LogP contribution in [0.4, 0.5) is 5.82 Å². The van der Waals surface area contributed by atoms with Gasteiger partial charge >= 0.3 is 0 Å².